The van der Waals surface area contributed by atoms with Gasteiger partial charge >= 0.3 is 0 Å². The van der Waals surface area contributed by atoms with Gasteiger partial charge in [-0.3, -0.25) is 14.4 Å². The van der Waals surface area contributed by atoms with Crippen molar-refractivity contribution in [1.29, 1.82) is 0 Å². The second-order valence-electron chi connectivity index (χ2n) is 14.8. The van der Waals surface area contributed by atoms with Crippen molar-refractivity contribution in [3.63, 3.8) is 0 Å². The number of hydrogen-bond acceptors (Lipinski definition) is 10. The summed E-state index contributed by atoms with van der Waals surface area (Å²) in [5.74, 6) is 1.60. The number of halogens is 1. The van der Waals surface area contributed by atoms with Crippen molar-refractivity contribution in [3.05, 3.63) is 120 Å². The number of hydrogen-bond donors (Lipinski definition) is 2. The van der Waals surface area contributed by atoms with E-state index >= 15 is 0 Å². The summed E-state index contributed by atoms with van der Waals surface area (Å²) in [5.41, 5.74) is 3.40. The van der Waals surface area contributed by atoms with Crippen LogP contribution in [-0.2, 0) is 0 Å². The molecule has 3 amide bonds. The number of nitrogens with zero attached hydrogens (tertiary/aromatic N) is 4. The third-order valence-electron chi connectivity index (χ3n) is 10.3. The quantitative estimate of drug-likeness (QED) is 0.136. The summed E-state index contributed by atoms with van der Waals surface area (Å²) >= 11 is 0. The van der Waals surface area contributed by atoms with E-state index in [1.807, 2.05) is 68.4 Å². The minimum absolute atomic E-state index is 0.0955. The van der Waals surface area contributed by atoms with Crippen molar-refractivity contribution in [2.24, 2.45) is 0 Å². The fourth-order valence-corrected chi connectivity index (χ4v) is 6.71. The number of rotatable bonds is 10. The van der Waals surface area contributed by atoms with Crippen LogP contribution in [0.25, 0.3) is 34.0 Å². The molecule has 1 saturated heterocycles. The lowest BCUT2D eigenvalue weighted by molar-refractivity contribution is 0.0713. The molecule has 6 aromatic rings. The van der Waals surface area contributed by atoms with Gasteiger partial charge in [-0.15, -0.1) is 0 Å². The van der Waals surface area contributed by atoms with Crippen LogP contribution in [0, 0.1) is 5.82 Å². The van der Waals surface area contributed by atoms with E-state index in [-0.39, 0.29) is 41.3 Å². The molecule has 1 aliphatic carbocycles. The Morgan fingerprint density at radius 1 is 0.700 bits per heavy atom. The lowest BCUT2D eigenvalue weighted by Crippen LogP contribution is -2.36. The third kappa shape index (κ3) is 12.0. The summed E-state index contributed by atoms with van der Waals surface area (Å²) in [4.78, 5) is 38.1. The highest BCUT2D eigenvalue weighted by Crippen LogP contribution is 2.26. The van der Waals surface area contributed by atoms with Gasteiger partial charge in [-0.2, -0.15) is 0 Å². The van der Waals surface area contributed by atoms with E-state index in [4.69, 9.17) is 18.3 Å². The van der Waals surface area contributed by atoms with E-state index in [1.54, 1.807) is 42.3 Å². The van der Waals surface area contributed by atoms with Gasteiger partial charge in [0.2, 0.25) is 0 Å². The van der Waals surface area contributed by atoms with Crippen LogP contribution in [0.3, 0.4) is 0 Å². The first-order valence-corrected chi connectivity index (χ1v) is 20.5. The molecule has 60 heavy (non-hydrogen) atoms. The molecule has 4 heterocycles. The molecule has 3 aromatic heterocycles. The Bertz CT molecular complexity index is 2270. The predicted octanol–water partition coefficient (Wildman–Crippen LogP) is 9.39. The first-order chi connectivity index (χ1) is 29.2. The second kappa shape index (κ2) is 21.4. The molecule has 1 aliphatic heterocycles. The molecular formula is C46H51FN6O7. The molecule has 0 radical (unpaired) electrons. The maximum atomic E-state index is 12.9. The molecule has 0 spiro atoms. The third-order valence-corrected chi connectivity index (χ3v) is 10.3. The lowest BCUT2D eigenvalue weighted by atomic mass is 9.95. The van der Waals surface area contributed by atoms with Gasteiger partial charge in [0.05, 0.1) is 7.11 Å². The van der Waals surface area contributed by atoms with Crippen LogP contribution < -0.4 is 15.4 Å². The normalized spacial score (nSPS) is 14.4. The Morgan fingerprint density at radius 3 is 1.88 bits per heavy atom. The smallest absolute Gasteiger partial charge is 0.276 e. The molecule has 1 atom stereocenters. The number of nitrogens with one attached hydrogen (secondary N) is 2. The Hall–Kier alpha value is -6.57. The van der Waals surface area contributed by atoms with Crippen LogP contribution in [0.4, 0.5) is 4.39 Å². The highest BCUT2D eigenvalue weighted by molar-refractivity contribution is 5.94. The summed E-state index contributed by atoms with van der Waals surface area (Å²) in [6.45, 7) is 5.51. The first kappa shape index (κ1) is 43.0. The maximum Gasteiger partial charge on any atom is 0.276 e. The standard InChI is InChI=1S/C16H18N2O2.C15H15FN2O2.C15H18N2O3/c19-16(17-13-9-5-2-6-10-13)14-11-15(20-18-14)12-7-3-1-4-8-12;16-12-6-4-11(5-7-12)14-10-13(17-20-14)15(19)18-8-2-1-3-9-18;1-4-10(2)16-15(18)13-9-14(20-17-13)11-6-5-7-12(8-11)19-3/h1,3-4,7-8,11,13H,2,5-6,9-10H2,(H,17,19);4-7,10H,1-3,8-9H2;5-10H,4H2,1-3H3,(H,16,18). The maximum absolute atomic E-state index is 12.9. The van der Waals surface area contributed by atoms with Crippen molar-refractivity contribution in [3.8, 4) is 39.7 Å². The zero-order chi connectivity index (χ0) is 42.3. The fourth-order valence-electron chi connectivity index (χ4n) is 6.71. The number of carbonyl (C=O) groups excluding carboxylic acids is 3. The largest absolute Gasteiger partial charge is 0.497 e. The topological polar surface area (TPSA) is 166 Å². The zero-order valence-electron chi connectivity index (χ0n) is 34.2. The van der Waals surface area contributed by atoms with Crippen LogP contribution in [0.15, 0.2) is 111 Å². The van der Waals surface area contributed by atoms with Crippen molar-refractivity contribution in [1.82, 2.24) is 31.0 Å². The molecule has 3 aromatic carbocycles. The van der Waals surface area contributed by atoms with Crippen molar-refractivity contribution < 1.29 is 37.1 Å². The molecule has 1 saturated carbocycles. The van der Waals surface area contributed by atoms with Crippen LogP contribution in [-0.4, -0.2) is 70.4 Å². The number of benzene rings is 3. The molecular weight excluding hydrogens is 768 g/mol. The van der Waals surface area contributed by atoms with Crippen LogP contribution in [0.2, 0.25) is 0 Å². The SMILES string of the molecule is CCC(C)NC(=O)c1cc(-c2cccc(OC)c2)on1.O=C(NC1CCCCC1)c1cc(-c2ccccc2)on1.O=C(c1cc(-c2ccc(F)cc2)on1)N1CCCCC1. The van der Waals surface area contributed by atoms with Gasteiger partial charge in [0, 0.05) is 60.1 Å². The molecule has 14 heteroatoms. The van der Waals surface area contributed by atoms with Crippen LogP contribution in [0.1, 0.15) is 103 Å². The Kier molecular flexibility index (Phi) is 15.4. The fraction of sp³-hybridized carbons (Fsp3) is 0.348. The Balaban J connectivity index is 0.000000151. The highest BCUT2D eigenvalue weighted by Gasteiger charge is 2.23. The molecule has 314 valence electrons. The summed E-state index contributed by atoms with van der Waals surface area (Å²) in [6.07, 6.45) is 9.90. The average molecular weight is 819 g/mol. The molecule has 2 aliphatic rings. The number of amides is 3. The van der Waals surface area contributed by atoms with E-state index in [2.05, 4.69) is 26.1 Å². The number of piperidine rings is 1. The highest BCUT2D eigenvalue weighted by atomic mass is 19.1. The van der Waals surface area contributed by atoms with Crippen molar-refractivity contribution in [2.45, 2.75) is 83.7 Å². The minimum Gasteiger partial charge on any atom is -0.497 e. The zero-order valence-corrected chi connectivity index (χ0v) is 34.2. The number of ether oxygens (including phenoxy) is 1. The van der Waals surface area contributed by atoms with Gasteiger partial charge in [-0.05, 0) is 81.8 Å². The molecule has 2 N–H and O–H groups in total. The summed E-state index contributed by atoms with van der Waals surface area (Å²) in [6, 6.07) is 28.3. The van der Waals surface area contributed by atoms with E-state index in [9.17, 15) is 18.8 Å². The number of carbonyl (C=O) groups is 3. The average Bonchev–Trinajstić information content (AvgIpc) is 4.11. The van der Waals surface area contributed by atoms with Gasteiger partial charge < -0.3 is 33.8 Å². The Morgan fingerprint density at radius 2 is 1.25 bits per heavy atom. The van der Waals surface area contributed by atoms with E-state index in [0.717, 1.165) is 62.1 Å². The lowest BCUT2D eigenvalue weighted by Gasteiger charge is -2.25. The van der Waals surface area contributed by atoms with E-state index < -0.39 is 0 Å². The summed E-state index contributed by atoms with van der Waals surface area (Å²) in [5, 5.41) is 17.4. The Labute approximate surface area is 348 Å². The van der Waals surface area contributed by atoms with E-state index in [0.29, 0.717) is 34.2 Å². The molecule has 0 bridgehead atoms. The predicted molar refractivity (Wildman–Crippen MR) is 224 cm³/mol. The van der Waals surface area contributed by atoms with E-state index in [1.165, 1.54) is 37.8 Å². The minimum atomic E-state index is -0.308. The molecule has 2 fully saturated rings. The number of aromatic nitrogens is 3. The van der Waals surface area contributed by atoms with Gasteiger partial charge in [0.1, 0.15) is 11.6 Å². The first-order valence-electron chi connectivity index (χ1n) is 20.5. The monoisotopic (exact) mass is 818 g/mol. The molecule has 8 rings (SSSR count). The van der Waals surface area contributed by atoms with Gasteiger partial charge in [-0.25, -0.2) is 4.39 Å². The van der Waals surface area contributed by atoms with Crippen LogP contribution in [0.5, 0.6) is 5.75 Å². The second-order valence-corrected chi connectivity index (χ2v) is 14.8. The van der Waals surface area contributed by atoms with Gasteiger partial charge in [0.25, 0.3) is 17.7 Å². The number of likely N-dealkylation sites (tertiary alicyclic amines) is 1. The van der Waals surface area contributed by atoms with Crippen molar-refractivity contribution >= 4 is 17.7 Å². The molecule has 13 nitrogen and oxygen atoms in total. The summed E-state index contributed by atoms with van der Waals surface area (Å²) < 4.78 is 33.7. The number of methoxy groups -OCH3 is 1. The van der Waals surface area contributed by atoms with Gasteiger partial charge in [-0.1, -0.05) is 84.1 Å². The van der Waals surface area contributed by atoms with Crippen LogP contribution >= 0.6 is 0 Å². The summed E-state index contributed by atoms with van der Waals surface area (Å²) in [7, 11) is 1.60. The molecule has 1 unspecified atom stereocenters. The van der Waals surface area contributed by atoms with Crippen molar-refractivity contribution in [2.75, 3.05) is 20.2 Å². The van der Waals surface area contributed by atoms with Gasteiger partial charge in [0.15, 0.2) is 34.4 Å².